The highest BCUT2D eigenvalue weighted by molar-refractivity contribution is 5.95. The van der Waals surface area contributed by atoms with E-state index >= 15 is 0 Å². The number of carbonyl (C=O) groups is 2. The fourth-order valence-corrected chi connectivity index (χ4v) is 2.40. The van der Waals surface area contributed by atoms with Gasteiger partial charge in [0.15, 0.2) is 0 Å². The maximum Gasteiger partial charge on any atom is 0.343 e. The van der Waals surface area contributed by atoms with Crippen LogP contribution in [0.25, 0.3) is 0 Å². The van der Waals surface area contributed by atoms with Gasteiger partial charge < -0.3 is 9.47 Å². The van der Waals surface area contributed by atoms with Crippen LogP contribution in [0, 0.1) is 13.8 Å². The Morgan fingerprint density at radius 2 is 0.923 bits per heavy atom. The summed E-state index contributed by atoms with van der Waals surface area (Å²) in [6, 6.07) is 20.8. The van der Waals surface area contributed by atoms with E-state index < -0.39 is 11.9 Å². The molecule has 0 radical (unpaired) electrons. The number of rotatable bonds is 4. The molecule has 3 aromatic carbocycles. The van der Waals surface area contributed by atoms with Crippen LogP contribution >= 0.6 is 0 Å². The van der Waals surface area contributed by atoms with Gasteiger partial charge in [0, 0.05) is 0 Å². The van der Waals surface area contributed by atoms with Crippen molar-refractivity contribution in [2.75, 3.05) is 0 Å². The van der Waals surface area contributed by atoms with E-state index in [1.165, 1.54) is 0 Å². The van der Waals surface area contributed by atoms with E-state index in [1.807, 2.05) is 38.1 Å². The largest absolute Gasteiger partial charge is 0.423 e. The Kier molecular flexibility index (Phi) is 5.13. The van der Waals surface area contributed by atoms with Crippen LogP contribution in [-0.2, 0) is 0 Å². The molecule has 0 aromatic heterocycles. The molecule has 0 aliphatic heterocycles. The standard InChI is InChI=1S/C22H18O4/c1-15-7-3-5-9-19(15)25-21(23)17-11-13-18(14-12-17)22(24)26-20-10-6-4-8-16(20)2/h3-14H,1-2H3. The molecule has 0 N–H and O–H groups in total. The second-order valence-electron chi connectivity index (χ2n) is 5.89. The van der Waals surface area contributed by atoms with Crippen molar-refractivity contribution in [2.24, 2.45) is 0 Å². The van der Waals surface area contributed by atoms with E-state index in [0.29, 0.717) is 22.6 Å². The zero-order valence-electron chi connectivity index (χ0n) is 14.6. The van der Waals surface area contributed by atoms with Gasteiger partial charge in [-0.2, -0.15) is 0 Å². The fraction of sp³-hybridized carbons (Fsp3) is 0.0909. The maximum atomic E-state index is 12.2. The normalized spacial score (nSPS) is 10.2. The van der Waals surface area contributed by atoms with Crippen LogP contribution in [0.5, 0.6) is 11.5 Å². The number of carbonyl (C=O) groups excluding carboxylic acids is 2. The first-order valence-corrected chi connectivity index (χ1v) is 8.20. The summed E-state index contributed by atoms with van der Waals surface area (Å²) < 4.78 is 10.8. The minimum Gasteiger partial charge on any atom is -0.423 e. The second kappa shape index (κ2) is 7.66. The number of esters is 2. The van der Waals surface area contributed by atoms with Crippen LogP contribution in [-0.4, -0.2) is 11.9 Å². The molecule has 26 heavy (non-hydrogen) atoms. The number of para-hydroxylation sites is 2. The monoisotopic (exact) mass is 346 g/mol. The maximum absolute atomic E-state index is 12.2. The Morgan fingerprint density at radius 3 is 1.27 bits per heavy atom. The highest BCUT2D eigenvalue weighted by Crippen LogP contribution is 2.20. The minimum atomic E-state index is -0.474. The number of hydrogen-bond donors (Lipinski definition) is 0. The predicted octanol–water partition coefficient (Wildman–Crippen LogP) is 4.74. The number of hydrogen-bond acceptors (Lipinski definition) is 4. The van der Waals surface area contributed by atoms with Crippen molar-refractivity contribution in [2.45, 2.75) is 13.8 Å². The van der Waals surface area contributed by atoms with Gasteiger partial charge >= 0.3 is 11.9 Å². The Morgan fingerprint density at radius 1 is 0.577 bits per heavy atom. The molecule has 0 saturated carbocycles. The van der Waals surface area contributed by atoms with E-state index in [1.54, 1.807) is 48.5 Å². The molecular formula is C22H18O4. The van der Waals surface area contributed by atoms with Crippen molar-refractivity contribution < 1.29 is 19.1 Å². The zero-order chi connectivity index (χ0) is 18.5. The van der Waals surface area contributed by atoms with Gasteiger partial charge in [0.05, 0.1) is 11.1 Å². The van der Waals surface area contributed by atoms with Crippen molar-refractivity contribution in [3.05, 3.63) is 95.1 Å². The molecule has 0 aliphatic carbocycles. The molecule has 0 aliphatic rings. The molecule has 0 saturated heterocycles. The third kappa shape index (κ3) is 3.98. The molecule has 0 atom stereocenters. The molecule has 4 nitrogen and oxygen atoms in total. The summed E-state index contributed by atoms with van der Waals surface area (Å²) in [5.74, 6) is 0.0809. The average molecular weight is 346 g/mol. The minimum absolute atomic E-state index is 0.362. The summed E-state index contributed by atoms with van der Waals surface area (Å²) in [5, 5.41) is 0. The quantitative estimate of drug-likeness (QED) is 0.506. The van der Waals surface area contributed by atoms with Crippen molar-refractivity contribution in [3.63, 3.8) is 0 Å². The Bertz CT molecular complexity index is 864. The van der Waals surface area contributed by atoms with Gasteiger partial charge in [-0.25, -0.2) is 9.59 Å². The molecule has 3 aromatic rings. The zero-order valence-corrected chi connectivity index (χ0v) is 14.6. The predicted molar refractivity (Wildman–Crippen MR) is 98.7 cm³/mol. The molecule has 130 valence electrons. The van der Waals surface area contributed by atoms with Crippen molar-refractivity contribution >= 4 is 11.9 Å². The van der Waals surface area contributed by atoms with E-state index in [0.717, 1.165) is 11.1 Å². The smallest absolute Gasteiger partial charge is 0.343 e. The van der Waals surface area contributed by atoms with Gasteiger partial charge in [0.1, 0.15) is 11.5 Å². The van der Waals surface area contributed by atoms with E-state index in [4.69, 9.17) is 9.47 Å². The Hall–Kier alpha value is -3.40. The van der Waals surface area contributed by atoms with Gasteiger partial charge in [0.25, 0.3) is 0 Å². The lowest BCUT2D eigenvalue weighted by Gasteiger charge is -2.08. The van der Waals surface area contributed by atoms with Crippen LogP contribution in [0.1, 0.15) is 31.8 Å². The first-order chi connectivity index (χ1) is 12.5. The lowest BCUT2D eigenvalue weighted by atomic mass is 10.1. The van der Waals surface area contributed by atoms with Crippen LogP contribution in [0.15, 0.2) is 72.8 Å². The Labute approximate surface area is 152 Å². The molecule has 0 amide bonds. The van der Waals surface area contributed by atoms with Gasteiger partial charge in [0.2, 0.25) is 0 Å². The van der Waals surface area contributed by atoms with Crippen LogP contribution in [0.2, 0.25) is 0 Å². The fourth-order valence-electron chi connectivity index (χ4n) is 2.40. The lowest BCUT2D eigenvalue weighted by Crippen LogP contribution is -2.12. The number of benzene rings is 3. The van der Waals surface area contributed by atoms with Gasteiger partial charge in [-0.3, -0.25) is 0 Å². The van der Waals surface area contributed by atoms with Crippen LogP contribution in [0.3, 0.4) is 0 Å². The summed E-state index contributed by atoms with van der Waals surface area (Å²) in [6.45, 7) is 3.74. The van der Waals surface area contributed by atoms with Gasteiger partial charge in [-0.15, -0.1) is 0 Å². The van der Waals surface area contributed by atoms with E-state index in [9.17, 15) is 9.59 Å². The van der Waals surface area contributed by atoms with Crippen molar-refractivity contribution in [1.29, 1.82) is 0 Å². The first-order valence-electron chi connectivity index (χ1n) is 8.20. The summed E-state index contributed by atoms with van der Waals surface area (Å²) in [4.78, 5) is 24.5. The number of ether oxygens (including phenoxy) is 2. The molecule has 0 heterocycles. The highest BCUT2D eigenvalue weighted by atomic mass is 16.5. The number of aryl methyl sites for hydroxylation is 2. The molecule has 0 unspecified atom stereocenters. The van der Waals surface area contributed by atoms with Crippen LogP contribution in [0.4, 0.5) is 0 Å². The summed E-state index contributed by atoms with van der Waals surface area (Å²) in [6.07, 6.45) is 0. The van der Waals surface area contributed by atoms with Gasteiger partial charge in [-0.05, 0) is 61.4 Å². The first kappa shape index (κ1) is 17.4. The third-order valence-electron chi connectivity index (χ3n) is 3.95. The summed E-state index contributed by atoms with van der Waals surface area (Å²) in [7, 11) is 0. The van der Waals surface area contributed by atoms with Crippen LogP contribution < -0.4 is 9.47 Å². The van der Waals surface area contributed by atoms with Crippen molar-refractivity contribution in [1.82, 2.24) is 0 Å². The lowest BCUT2D eigenvalue weighted by molar-refractivity contribution is 0.0719. The molecule has 0 bridgehead atoms. The van der Waals surface area contributed by atoms with Gasteiger partial charge in [-0.1, -0.05) is 36.4 Å². The third-order valence-corrected chi connectivity index (χ3v) is 3.95. The summed E-state index contributed by atoms with van der Waals surface area (Å²) >= 11 is 0. The molecule has 4 heteroatoms. The SMILES string of the molecule is Cc1ccccc1OC(=O)c1ccc(C(=O)Oc2ccccc2C)cc1. The molecule has 3 rings (SSSR count). The summed E-state index contributed by atoms with van der Waals surface area (Å²) in [5.41, 5.74) is 2.47. The van der Waals surface area contributed by atoms with E-state index in [-0.39, 0.29) is 0 Å². The average Bonchev–Trinajstić information content (AvgIpc) is 2.65. The molecule has 0 spiro atoms. The Balaban J connectivity index is 1.70. The van der Waals surface area contributed by atoms with E-state index in [2.05, 4.69) is 0 Å². The van der Waals surface area contributed by atoms with Crippen molar-refractivity contribution in [3.8, 4) is 11.5 Å². The molecule has 0 fully saturated rings. The topological polar surface area (TPSA) is 52.6 Å². The second-order valence-corrected chi connectivity index (χ2v) is 5.89. The molecular weight excluding hydrogens is 328 g/mol. The highest BCUT2D eigenvalue weighted by Gasteiger charge is 2.13.